The monoisotopic (exact) mass is 789 g/mol. The third kappa shape index (κ3) is 10.0. The predicted molar refractivity (Wildman–Crippen MR) is 217 cm³/mol. The normalized spacial score (nSPS) is 17.5. The molecule has 0 unspecified atom stereocenters. The van der Waals surface area contributed by atoms with Crippen LogP contribution in [-0.2, 0) is 31.0 Å². The third-order valence-electron chi connectivity index (χ3n) is 11.5. The lowest BCUT2D eigenvalue weighted by Crippen LogP contribution is -2.30. The summed E-state index contributed by atoms with van der Waals surface area (Å²) in [7, 11) is 3.20. The van der Waals surface area contributed by atoms with E-state index in [1.165, 1.54) is 32.1 Å². The Kier molecular flexibility index (Phi) is 14.2. The molecule has 2 aromatic carbocycles. The Hall–Kier alpha value is -4.05. The number of ether oxygens (including phenoxy) is 4. The highest BCUT2D eigenvalue weighted by Gasteiger charge is 2.31. The summed E-state index contributed by atoms with van der Waals surface area (Å²) in [5, 5.41) is 14.2. The first-order valence-electron chi connectivity index (χ1n) is 19.5. The lowest BCUT2D eigenvalue weighted by molar-refractivity contribution is -0.145. The van der Waals surface area contributed by atoms with E-state index < -0.39 is 5.97 Å². The van der Waals surface area contributed by atoms with Gasteiger partial charge >= 0.3 is 5.97 Å². The quantitative estimate of drug-likeness (QED) is 0.115. The fourth-order valence-corrected chi connectivity index (χ4v) is 8.64. The Balaban J connectivity index is 1.11. The smallest absolute Gasteiger partial charge is 0.306 e. The molecule has 6 rings (SSSR count). The van der Waals surface area contributed by atoms with Crippen LogP contribution < -0.4 is 24.3 Å². The van der Waals surface area contributed by atoms with Gasteiger partial charge in [-0.3, -0.25) is 4.79 Å². The summed E-state index contributed by atoms with van der Waals surface area (Å²) in [6.45, 7) is 5.39. The number of halogens is 2. The second kappa shape index (κ2) is 19.2. The number of carboxylic acid groups (broad SMARTS) is 1. The molecule has 2 aliphatic carbocycles. The van der Waals surface area contributed by atoms with E-state index in [1.807, 2.05) is 30.3 Å². The van der Waals surface area contributed by atoms with Crippen molar-refractivity contribution in [1.82, 2.24) is 15.3 Å². The number of hydrogen-bond donors (Lipinski definition) is 2. The van der Waals surface area contributed by atoms with Gasteiger partial charge in [0.15, 0.2) is 0 Å². The van der Waals surface area contributed by atoms with Crippen molar-refractivity contribution in [2.75, 3.05) is 14.2 Å². The molecule has 0 spiro atoms. The predicted octanol–water partition coefficient (Wildman–Crippen LogP) is 10.5. The summed E-state index contributed by atoms with van der Waals surface area (Å²) in [5.74, 6) is 0.721. The molecule has 2 fully saturated rings. The number of nitrogens with one attached hydrogen (secondary N) is 1. The molecule has 4 aromatic rings. The number of nitrogens with zero attached hydrogens (tertiary/aromatic N) is 2. The molecule has 0 radical (unpaired) electrons. The highest BCUT2D eigenvalue weighted by molar-refractivity contribution is 6.32. The molecule has 11 heteroatoms. The van der Waals surface area contributed by atoms with Crippen LogP contribution in [0.5, 0.6) is 23.5 Å². The molecular weight excluding hydrogens is 737 g/mol. The fourth-order valence-electron chi connectivity index (χ4n) is 8.19. The van der Waals surface area contributed by atoms with E-state index in [9.17, 15) is 9.90 Å². The molecule has 2 N–H and O–H groups in total. The molecule has 0 amide bonds. The van der Waals surface area contributed by atoms with Gasteiger partial charge in [-0.05, 0) is 104 Å². The Bertz CT molecular complexity index is 1950. The lowest BCUT2D eigenvalue weighted by Gasteiger charge is -2.28. The second-order valence-electron chi connectivity index (χ2n) is 14.9. The molecule has 55 heavy (non-hydrogen) atoms. The van der Waals surface area contributed by atoms with Crippen LogP contribution in [0.15, 0.2) is 48.5 Å². The van der Waals surface area contributed by atoms with Crippen LogP contribution in [0.4, 0.5) is 0 Å². The SMILES string of the molecule is COc1nc(OCc2cccc(-c3cccc(COc4nc(OC)c(CNC5CCCCC5)cc4Cl)c3C)c2C)c(Cl)cc1CC[C@H]1CCCC[C@@H]1C(=O)O. The van der Waals surface area contributed by atoms with Crippen LogP contribution in [0.25, 0.3) is 11.1 Å². The standard InChI is InChI=1S/C44H53Cl2N3O6/c1-27-31(25-54-42-38(45)22-30(40(48-42)52-3)21-20-29-12-8-9-17-37(29)44(50)51)13-10-18-35(27)36-19-11-14-32(28(36)2)26-55-43-39(46)23-33(41(49-43)53-4)24-47-34-15-6-5-7-16-34/h10-11,13-14,18-19,22-23,29,34,37,47H,5-9,12,15-17,20-21,24-26H2,1-4H3,(H,50,51)/t29-,37+/m1/s1. The summed E-state index contributed by atoms with van der Waals surface area (Å²) in [6, 6.07) is 16.6. The van der Waals surface area contributed by atoms with Crippen LogP contribution in [0.3, 0.4) is 0 Å². The van der Waals surface area contributed by atoms with E-state index in [2.05, 4.69) is 47.3 Å². The number of aliphatic carboxylic acids is 1. The minimum absolute atomic E-state index is 0.132. The van der Waals surface area contributed by atoms with Crippen molar-refractivity contribution in [3.05, 3.63) is 92.0 Å². The maximum Gasteiger partial charge on any atom is 0.306 e. The molecule has 2 saturated carbocycles. The van der Waals surface area contributed by atoms with Crippen LogP contribution in [-0.4, -0.2) is 41.3 Å². The minimum atomic E-state index is -0.702. The Morgan fingerprint density at radius 1 is 0.727 bits per heavy atom. The zero-order valence-corrected chi connectivity index (χ0v) is 33.9. The van der Waals surface area contributed by atoms with Crippen molar-refractivity contribution in [3.63, 3.8) is 0 Å². The van der Waals surface area contributed by atoms with Gasteiger partial charge in [0.05, 0.1) is 20.1 Å². The van der Waals surface area contributed by atoms with Crippen LogP contribution in [0.1, 0.15) is 97.6 Å². The van der Waals surface area contributed by atoms with E-state index >= 15 is 0 Å². The first-order chi connectivity index (χ1) is 26.7. The lowest BCUT2D eigenvalue weighted by atomic mass is 9.76. The molecule has 0 bridgehead atoms. The number of hydrogen-bond acceptors (Lipinski definition) is 8. The van der Waals surface area contributed by atoms with Crippen LogP contribution >= 0.6 is 23.2 Å². The number of pyridine rings is 2. The van der Waals surface area contributed by atoms with Gasteiger partial charge in [0.1, 0.15) is 23.3 Å². The van der Waals surface area contributed by atoms with Gasteiger partial charge in [-0.1, -0.05) is 91.7 Å². The number of rotatable bonds is 16. The number of methoxy groups -OCH3 is 2. The Morgan fingerprint density at radius 2 is 1.25 bits per heavy atom. The van der Waals surface area contributed by atoms with E-state index in [1.54, 1.807) is 14.2 Å². The first kappa shape index (κ1) is 40.6. The summed E-state index contributed by atoms with van der Waals surface area (Å²) < 4.78 is 23.7. The summed E-state index contributed by atoms with van der Waals surface area (Å²) in [5.41, 5.74) is 8.13. The first-order valence-corrected chi connectivity index (χ1v) is 20.3. The molecule has 2 aliphatic rings. The highest BCUT2D eigenvalue weighted by Crippen LogP contribution is 2.37. The summed E-state index contributed by atoms with van der Waals surface area (Å²) >= 11 is 13.4. The Labute approximate surface area is 335 Å². The Morgan fingerprint density at radius 3 is 1.82 bits per heavy atom. The number of carbonyl (C=O) groups is 1. The molecule has 2 heterocycles. The van der Waals surface area contributed by atoms with Gasteiger partial charge in [-0.25, -0.2) is 0 Å². The van der Waals surface area contributed by atoms with E-state index in [0.29, 0.717) is 59.2 Å². The van der Waals surface area contributed by atoms with Gasteiger partial charge < -0.3 is 29.4 Å². The van der Waals surface area contributed by atoms with Crippen molar-refractivity contribution in [2.24, 2.45) is 11.8 Å². The van der Waals surface area contributed by atoms with Crippen molar-refractivity contribution in [2.45, 2.75) is 110 Å². The van der Waals surface area contributed by atoms with Crippen molar-refractivity contribution < 1.29 is 28.8 Å². The van der Waals surface area contributed by atoms with E-state index in [-0.39, 0.29) is 18.4 Å². The van der Waals surface area contributed by atoms with E-state index in [4.69, 9.17) is 42.1 Å². The number of aryl methyl sites for hydroxylation is 1. The van der Waals surface area contributed by atoms with Gasteiger partial charge in [0.2, 0.25) is 23.5 Å². The fraction of sp³-hybridized carbons (Fsp3) is 0.477. The van der Waals surface area contributed by atoms with Gasteiger partial charge in [-0.15, -0.1) is 0 Å². The third-order valence-corrected chi connectivity index (χ3v) is 12.0. The van der Waals surface area contributed by atoms with Crippen molar-refractivity contribution >= 4 is 29.2 Å². The minimum Gasteiger partial charge on any atom is -0.481 e. The zero-order valence-electron chi connectivity index (χ0n) is 32.4. The van der Waals surface area contributed by atoms with Crippen molar-refractivity contribution in [3.8, 4) is 34.6 Å². The average molecular weight is 791 g/mol. The maximum absolute atomic E-state index is 11.8. The number of aromatic nitrogens is 2. The highest BCUT2D eigenvalue weighted by atomic mass is 35.5. The van der Waals surface area contributed by atoms with Gasteiger partial charge in [0.25, 0.3) is 0 Å². The van der Waals surface area contributed by atoms with Crippen molar-refractivity contribution in [1.29, 1.82) is 0 Å². The molecule has 294 valence electrons. The van der Waals surface area contributed by atoms with Crippen LogP contribution in [0, 0.1) is 25.7 Å². The number of benzene rings is 2. The molecule has 0 aliphatic heterocycles. The maximum atomic E-state index is 11.8. The molecule has 2 atom stereocenters. The molecule has 9 nitrogen and oxygen atoms in total. The molecule has 0 saturated heterocycles. The molecular formula is C44H53Cl2N3O6. The topological polar surface area (TPSA) is 112 Å². The van der Waals surface area contributed by atoms with Gasteiger partial charge in [-0.2, -0.15) is 9.97 Å². The largest absolute Gasteiger partial charge is 0.481 e. The second-order valence-corrected chi connectivity index (χ2v) is 15.7. The van der Waals surface area contributed by atoms with Gasteiger partial charge in [0, 0.05) is 23.7 Å². The molecule has 2 aromatic heterocycles. The number of carboxylic acids is 1. The average Bonchev–Trinajstić information content (AvgIpc) is 3.20. The summed E-state index contributed by atoms with van der Waals surface area (Å²) in [6.07, 6.45) is 11.3. The zero-order chi connectivity index (χ0) is 38.9. The summed E-state index contributed by atoms with van der Waals surface area (Å²) in [4.78, 5) is 21.1. The van der Waals surface area contributed by atoms with Crippen LogP contribution in [0.2, 0.25) is 10.0 Å². The van der Waals surface area contributed by atoms with E-state index in [0.717, 1.165) is 76.6 Å².